The van der Waals surface area contributed by atoms with Crippen LogP contribution in [0.5, 0.6) is 0 Å². The van der Waals surface area contributed by atoms with Crippen LogP contribution in [0.25, 0.3) is 11.0 Å². The number of halogens is 1. The molecule has 1 aromatic carbocycles. The van der Waals surface area contributed by atoms with Crippen molar-refractivity contribution >= 4 is 22.6 Å². The van der Waals surface area contributed by atoms with Gasteiger partial charge in [-0.05, 0) is 38.0 Å². The van der Waals surface area contributed by atoms with Gasteiger partial charge in [-0.3, -0.25) is 0 Å². The van der Waals surface area contributed by atoms with Crippen LogP contribution < -0.4 is 5.73 Å². The lowest BCUT2D eigenvalue weighted by atomic mass is 10.2. The second-order valence-corrected chi connectivity index (χ2v) is 5.38. The maximum Gasteiger partial charge on any atom is 0.111 e. The average molecular weight is 250 g/mol. The van der Waals surface area contributed by atoms with Gasteiger partial charge >= 0.3 is 0 Å². The Balaban J connectivity index is 2.15. The van der Waals surface area contributed by atoms with Crippen LogP contribution in [-0.2, 0) is 6.42 Å². The second kappa shape index (κ2) is 4.00. The van der Waals surface area contributed by atoms with Crippen LogP contribution >= 0.6 is 11.6 Å². The highest BCUT2D eigenvalue weighted by molar-refractivity contribution is 6.31. The van der Waals surface area contributed by atoms with E-state index in [4.69, 9.17) is 17.3 Å². The summed E-state index contributed by atoms with van der Waals surface area (Å²) in [5.41, 5.74) is 8.06. The SMILES string of the molecule is CC(N)Cc1nc2cc(Cl)ccc2n1C1CC1. The number of rotatable bonds is 3. The van der Waals surface area contributed by atoms with Crippen LogP contribution in [0, 0.1) is 0 Å². The molecule has 17 heavy (non-hydrogen) atoms. The van der Waals surface area contributed by atoms with E-state index in [0.717, 1.165) is 22.8 Å². The molecular weight excluding hydrogens is 234 g/mol. The number of aromatic nitrogens is 2. The molecule has 0 radical (unpaired) electrons. The summed E-state index contributed by atoms with van der Waals surface area (Å²) in [5.74, 6) is 1.10. The molecule has 1 atom stereocenters. The van der Waals surface area contributed by atoms with Crippen molar-refractivity contribution < 1.29 is 0 Å². The van der Waals surface area contributed by atoms with Gasteiger partial charge in [-0.15, -0.1) is 0 Å². The van der Waals surface area contributed by atoms with Gasteiger partial charge in [0.1, 0.15) is 5.82 Å². The molecule has 1 fully saturated rings. The fraction of sp³-hybridized carbons (Fsp3) is 0.462. The first-order valence-corrected chi connectivity index (χ1v) is 6.45. The van der Waals surface area contributed by atoms with Gasteiger partial charge in [0.2, 0.25) is 0 Å². The standard InChI is InChI=1S/C13H16ClN3/c1-8(15)6-13-16-11-7-9(14)2-5-12(11)17(13)10-3-4-10/h2,5,7-8,10H,3-4,6,15H2,1H3. The number of imidazole rings is 1. The predicted molar refractivity (Wildman–Crippen MR) is 70.4 cm³/mol. The highest BCUT2D eigenvalue weighted by Crippen LogP contribution is 2.39. The smallest absolute Gasteiger partial charge is 0.111 e. The topological polar surface area (TPSA) is 43.8 Å². The molecular formula is C13H16ClN3. The fourth-order valence-corrected chi connectivity index (χ4v) is 2.46. The third-order valence-corrected chi connectivity index (χ3v) is 3.38. The fourth-order valence-electron chi connectivity index (χ4n) is 2.29. The van der Waals surface area contributed by atoms with Crippen LogP contribution in [0.15, 0.2) is 18.2 Å². The molecule has 1 unspecified atom stereocenters. The number of nitrogens with zero attached hydrogens (tertiary/aromatic N) is 2. The Bertz CT molecular complexity index is 555. The first-order chi connectivity index (χ1) is 8.15. The summed E-state index contributed by atoms with van der Waals surface area (Å²) in [7, 11) is 0. The Kier molecular flexibility index (Phi) is 2.60. The maximum atomic E-state index is 6.01. The van der Waals surface area contributed by atoms with Crippen molar-refractivity contribution in [2.45, 2.75) is 38.3 Å². The highest BCUT2D eigenvalue weighted by atomic mass is 35.5. The summed E-state index contributed by atoms with van der Waals surface area (Å²) in [6, 6.07) is 6.68. The molecule has 1 aliphatic carbocycles. The third-order valence-electron chi connectivity index (χ3n) is 3.14. The van der Waals surface area contributed by atoms with Gasteiger partial charge < -0.3 is 10.3 Å². The van der Waals surface area contributed by atoms with Crippen molar-refractivity contribution in [3.63, 3.8) is 0 Å². The zero-order valence-electron chi connectivity index (χ0n) is 9.86. The monoisotopic (exact) mass is 249 g/mol. The molecule has 4 heteroatoms. The molecule has 3 rings (SSSR count). The quantitative estimate of drug-likeness (QED) is 0.909. The van der Waals surface area contributed by atoms with Crippen LogP contribution in [0.1, 0.15) is 31.6 Å². The van der Waals surface area contributed by atoms with Crippen LogP contribution in [-0.4, -0.2) is 15.6 Å². The molecule has 0 spiro atoms. The maximum absolute atomic E-state index is 6.01. The molecule has 0 aliphatic heterocycles. The first-order valence-electron chi connectivity index (χ1n) is 6.07. The van der Waals surface area contributed by atoms with Gasteiger partial charge in [0.25, 0.3) is 0 Å². The molecule has 90 valence electrons. The minimum Gasteiger partial charge on any atom is -0.328 e. The molecule has 0 amide bonds. The Labute approximate surface area is 106 Å². The van der Waals surface area contributed by atoms with E-state index in [1.165, 1.54) is 18.4 Å². The van der Waals surface area contributed by atoms with E-state index < -0.39 is 0 Å². The Morgan fingerprint density at radius 3 is 2.94 bits per heavy atom. The molecule has 2 N–H and O–H groups in total. The van der Waals surface area contributed by atoms with Gasteiger partial charge in [0.15, 0.2) is 0 Å². The zero-order valence-corrected chi connectivity index (χ0v) is 10.6. The molecule has 2 aromatic rings. The summed E-state index contributed by atoms with van der Waals surface area (Å²) in [6.45, 7) is 2.02. The van der Waals surface area contributed by atoms with E-state index in [-0.39, 0.29) is 6.04 Å². The lowest BCUT2D eigenvalue weighted by molar-refractivity contribution is 0.639. The van der Waals surface area contributed by atoms with E-state index in [0.29, 0.717) is 6.04 Å². The van der Waals surface area contributed by atoms with Crippen LogP contribution in [0.3, 0.4) is 0 Å². The average Bonchev–Trinajstić information content (AvgIpc) is 3.00. The lowest BCUT2D eigenvalue weighted by Gasteiger charge is -2.09. The second-order valence-electron chi connectivity index (χ2n) is 4.94. The predicted octanol–water partition coefficient (Wildman–Crippen LogP) is 2.91. The van der Waals surface area contributed by atoms with Gasteiger partial charge in [-0.1, -0.05) is 11.6 Å². The summed E-state index contributed by atoms with van der Waals surface area (Å²) < 4.78 is 2.34. The van der Waals surface area contributed by atoms with Crippen LogP contribution in [0.2, 0.25) is 5.02 Å². The van der Waals surface area contributed by atoms with Crippen molar-refractivity contribution in [2.24, 2.45) is 5.73 Å². The molecule has 1 saturated carbocycles. The number of fused-ring (bicyclic) bond motifs is 1. The normalized spacial score (nSPS) is 17.6. The van der Waals surface area contributed by atoms with E-state index in [1.54, 1.807) is 0 Å². The number of hydrogen-bond acceptors (Lipinski definition) is 2. The molecule has 3 nitrogen and oxygen atoms in total. The van der Waals surface area contributed by atoms with Crippen molar-refractivity contribution in [2.75, 3.05) is 0 Å². The van der Waals surface area contributed by atoms with Crippen molar-refractivity contribution in [3.8, 4) is 0 Å². The van der Waals surface area contributed by atoms with Crippen molar-refractivity contribution in [3.05, 3.63) is 29.0 Å². The van der Waals surface area contributed by atoms with Crippen molar-refractivity contribution in [1.82, 2.24) is 9.55 Å². The first kappa shape index (κ1) is 11.1. The van der Waals surface area contributed by atoms with E-state index in [9.17, 15) is 0 Å². The molecule has 0 bridgehead atoms. The zero-order chi connectivity index (χ0) is 12.0. The summed E-state index contributed by atoms with van der Waals surface area (Å²) in [4.78, 5) is 4.67. The molecule has 1 heterocycles. The van der Waals surface area contributed by atoms with Gasteiger partial charge in [0, 0.05) is 23.5 Å². The molecule has 1 aromatic heterocycles. The Morgan fingerprint density at radius 2 is 2.29 bits per heavy atom. The van der Waals surface area contributed by atoms with E-state index in [1.807, 2.05) is 19.1 Å². The highest BCUT2D eigenvalue weighted by Gasteiger charge is 2.28. The molecule has 1 aliphatic rings. The van der Waals surface area contributed by atoms with Gasteiger partial charge in [-0.25, -0.2) is 4.98 Å². The van der Waals surface area contributed by atoms with E-state index >= 15 is 0 Å². The Hall–Kier alpha value is -1.06. The number of nitrogens with two attached hydrogens (primary N) is 1. The third kappa shape index (κ3) is 2.05. The summed E-state index contributed by atoms with van der Waals surface area (Å²) in [5, 5.41) is 0.741. The number of hydrogen-bond donors (Lipinski definition) is 1. The summed E-state index contributed by atoms with van der Waals surface area (Å²) in [6.07, 6.45) is 3.32. The van der Waals surface area contributed by atoms with Gasteiger partial charge in [-0.2, -0.15) is 0 Å². The van der Waals surface area contributed by atoms with E-state index in [2.05, 4.69) is 15.6 Å². The summed E-state index contributed by atoms with van der Waals surface area (Å²) >= 11 is 6.01. The lowest BCUT2D eigenvalue weighted by Crippen LogP contribution is -2.20. The Morgan fingerprint density at radius 1 is 1.53 bits per heavy atom. The van der Waals surface area contributed by atoms with Crippen molar-refractivity contribution in [1.29, 1.82) is 0 Å². The minimum absolute atomic E-state index is 0.139. The van der Waals surface area contributed by atoms with Gasteiger partial charge in [0.05, 0.1) is 11.0 Å². The van der Waals surface area contributed by atoms with Crippen LogP contribution in [0.4, 0.5) is 0 Å². The molecule has 0 saturated heterocycles. The number of benzene rings is 1. The largest absolute Gasteiger partial charge is 0.328 e. The minimum atomic E-state index is 0.139.